The van der Waals surface area contributed by atoms with Gasteiger partial charge in [0.05, 0.1) is 6.61 Å². The molecule has 7 heteroatoms. The largest absolute Gasteiger partial charge is 0.474 e. The van der Waals surface area contributed by atoms with E-state index in [0.29, 0.717) is 5.56 Å². The van der Waals surface area contributed by atoms with Crippen molar-refractivity contribution in [2.45, 2.75) is 38.9 Å². The van der Waals surface area contributed by atoms with E-state index in [2.05, 4.69) is 19.6 Å². The lowest BCUT2D eigenvalue weighted by Crippen LogP contribution is -2.21. The molecule has 0 saturated heterocycles. The minimum Gasteiger partial charge on any atom is -0.364 e. The summed E-state index contributed by atoms with van der Waals surface area (Å²) in [4.78, 5) is 9.58. The van der Waals surface area contributed by atoms with Crippen LogP contribution in [0.2, 0.25) is 25.7 Å². The predicted octanol–water partition coefficient (Wildman–Crippen LogP) is 3.46. The molecule has 0 radical (unpaired) electrons. The number of hydrogen-bond acceptors (Lipinski definition) is 4. The van der Waals surface area contributed by atoms with Gasteiger partial charge >= 0.3 is 7.82 Å². The Morgan fingerprint density at radius 1 is 1.35 bits per heavy atom. The van der Waals surface area contributed by atoms with E-state index in [1.807, 2.05) is 13.0 Å². The lowest BCUT2D eigenvalue weighted by Gasteiger charge is -2.19. The molecule has 1 aromatic carbocycles. The molecular formula is C13H23O5PSi. The highest BCUT2D eigenvalue weighted by atomic mass is 31.2. The zero-order valence-corrected chi connectivity index (χ0v) is 14.3. The summed E-state index contributed by atoms with van der Waals surface area (Å²) in [5.41, 5.74) is 1.35. The molecule has 0 aliphatic carbocycles. The Morgan fingerprint density at radius 3 is 2.55 bits per heavy atom. The highest BCUT2D eigenvalue weighted by Crippen LogP contribution is 2.47. The van der Waals surface area contributed by atoms with Gasteiger partial charge in [-0.2, -0.15) is 0 Å². The van der Waals surface area contributed by atoms with Crippen LogP contribution in [0.15, 0.2) is 24.3 Å². The number of phosphoric ester groups is 1. The van der Waals surface area contributed by atoms with Crippen molar-refractivity contribution in [2.75, 3.05) is 6.61 Å². The summed E-state index contributed by atoms with van der Waals surface area (Å²) >= 11 is 0. The molecular weight excluding hydrogens is 295 g/mol. The van der Waals surface area contributed by atoms with Crippen LogP contribution in [0.5, 0.6) is 0 Å². The van der Waals surface area contributed by atoms with Gasteiger partial charge in [-0.05, 0) is 13.0 Å². The fourth-order valence-electron chi connectivity index (χ4n) is 1.51. The molecule has 0 aliphatic heterocycles. The van der Waals surface area contributed by atoms with Crippen molar-refractivity contribution < 1.29 is 23.6 Å². The van der Waals surface area contributed by atoms with E-state index >= 15 is 0 Å². The number of phosphoric acid groups is 1. The van der Waals surface area contributed by atoms with Gasteiger partial charge in [0, 0.05) is 13.6 Å². The van der Waals surface area contributed by atoms with Crippen LogP contribution >= 0.6 is 7.82 Å². The summed E-state index contributed by atoms with van der Waals surface area (Å²) in [6, 6.07) is 7.67. The molecule has 0 amide bonds. The van der Waals surface area contributed by atoms with Crippen LogP contribution in [0.1, 0.15) is 17.4 Å². The molecule has 0 bridgehead atoms. The van der Waals surface area contributed by atoms with E-state index in [4.69, 9.17) is 9.05 Å². The summed E-state index contributed by atoms with van der Waals surface area (Å²) in [5, 5.41) is 9.81. The van der Waals surface area contributed by atoms with Gasteiger partial charge in [0.1, 0.15) is 0 Å². The molecule has 1 aromatic rings. The quantitative estimate of drug-likeness (QED) is 0.457. The van der Waals surface area contributed by atoms with Crippen molar-refractivity contribution in [3.63, 3.8) is 0 Å². The minimum absolute atomic E-state index is 0.157. The van der Waals surface area contributed by atoms with Gasteiger partial charge in [0.25, 0.3) is 0 Å². The summed E-state index contributed by atoms with van der Waals surface area (Å²) in [5.74, 6) is 0. The Balaban J connectivity index is 2.55. The second-order valence-corrected chi connectivity index (χ2v) is 13.0. The molecule has 114 valence electrons. The SMILES string of the molecule is Cc1cccc(C(O)OP(=O)(O)OCC[Si](C)(C)C)c1. The highest BCUT2D eigenvalue weighted by molar-refractivity contribution is 7.47. The van der Waals surface area contributed by atoms with Gasteiger partial charge in [0.15, 0.2) is 6.29 Å². The lowest BCUT2D eigenvalue weighted by molar-refractivity contribution is -0.0441. The highest BCUT2D eigenvalue weighted by Gasteiger charge is 2.27. The van der Waals surface area contributed by atoms with Crippen LogP contribution in [-0.4, -0.2) is 24.7 Å². The Morgan fingerprint density at radius 2 is 2.00 bits per heavy atom. The average molecular weight is 318 g/mol. The van der Waals surface area contributed by atoms with Crippen molar-refractivity contribution in [2.24, 2.45) is 0 Å². The van der Waals surface area contributed by atoms with Gasteiger partial charge < -0.3 is 10.00 Å². The number of benzene rings is 1. The average Bonchev–Trinajstić information content (AvgIpc) is 2.26. The first-order chi connectivity index (χ1) is 9.09. The van der Waals surface area contributed by atoms with E-state index in [9.17, 15) is 14.6 Å². The zero-order chi connectivity index (χ0) is 15.4. The van der Waals surface area contributed by atoms with Crippen LogP contribution in [0.4, 0.5) is 0 Å². The van der Waals surface area contributed by atoms with Crippen molar-refractivity contribution >= 4 is 15.9 Å². The fraction of sp³-hybridized carbons (Fsp3) is 0.538. The first-order valence-electron chi connectivity index (χ1n) is 6.49. The molecule has 2 N–H and O–H groups in total. The summed E-state index contributed by atoms with van der Waals surface area (Å²) in [7, 11) is -5.59. The van der Waals surface area contributed by atoms with Crippen LogP contribution in [0.3, 0.4) is 0 Å². The van der Waals surface area contributed by atoms with Crippen molar-refractivity contribution in [1.29, 1.82) is 0 Å². The van der Waals surface area contributed by atoms with Crippen LogP contribution in [0, 0.1) is 6.92 Å². The molecule has 2 unspecified atom stereocenters. The monoisotopic (exact) mass is 318 g/mol. The molecule has 1 rings (SSSR count). The molecule has 0 saturated carbocycles. The zero-order valence-electron chi connectivity index (χ0n) is 12.4. The first kappa shape index (κ1) is 17.6. The van der Waals surface area contributed by atoms with Crippen molar-refractivity contribution in [3.05, 3.63) is 35.4 Å². The number of aliphatic hydroxyl groups excluding tert-OH is 1. The van der Waals surface area contributed by atoms with E-state index < -0.39 is 22.2 Å². The molecule has 2 atom stereocenters. The third-order valence-corrected chi connectivity index (χ3v) is 5.35. The maximum atomic E-state index is 11.7. The standard InChI is InChI=1S/C13H23O5PSi/c1-11-6-5-7-12(10-11)13(14)18-19(15,16)17-8-9-20(2,3)4/h5-7,10,13-14H,8-9H2,1-4H3,(H,15,16). The van der Waals surface area contributed by atoms with E-state index in [1.54, 1.807) is 18.2 Å². The number of hydrogen-bond donors (Lipinski definition) is 2. The Kier molecular flexibility index (Phi) is 6.13. The minimum atomic E-state index is -4.24. The third kappa shape index (κ3) is 6.79. The summed E-state index contributed by atoms with van der Waals surface area (Å²) in [6.07, 6.45) is -1.47. The van der Waals surface area contributed by atoms with Crippen molar-refractivity contribution in [3.8, 4) is 0 Å². The fourth-order valence-corrected chi connectivity index (χ4v) is 3.15. The van der Waals surface area contributed by atoms with E-state index in [-0.39, 0.29) is 6.61 Å². The third-order valence-electron chi connectivity index (χ3n) is 2.67. The normalized spacial score (nSPS) is 16.7. The van der Waals surface area contributed by atoms with Gasteiger partial charge in [-0.3, -0.25) is 9.05 Å². The van der Waals surface area contributed by atoms with Crippen LogP contribution < -0.4 is 0 Å². The Hall–Kier alpha value is -0.493. The molecule has 0 aromatic heterocycles. The van der Waals surface area contributed by atoms with Gasteiger partial charge in [-0.25, -0.2) is 4.57 Å². The first-order valence-corrected chi connectivity index (χ1v) is 11.7. The van der Waals surface area contributed by atoms with Crippen molar-refractivity contribution in [1.82, 2.24) is 0 Å². The predicted molar refractivity (Wildman–Crippen MR) is 81.2 cm³/mol. The molecule has 20 heavy (non-hydrogen) atoms. The number of aliphatic hydroxyl groups is 1. The van der Waals surface area contributed by atoms with Gasteiger partial charge in [0.2, 0.25) is 0 Å². The molecule has 0 heterocycles. The second kappa shape index (κ2) is 6.98. The van der Waals surface area contributed by atoms with E-state index in [1.165, 1.54) is 0 Å². The maximum Gasteiger partial charge on any atom is 0.474 e. The Labute approximate surface area is 121 Å². The van der Waals surface area contributed by atoms with E-state index in [0.717, 1.165) is 11.6 Å². The Bertz CT molecular complexity index is 486. The van der Waals surface area contributed by atoms with Gasteiger partial charge in [-0.15, -0.1) is 0 Å². The number of rotatable bonds is 7. The second-order valence-electron chi connectivity index (χ2n) is 5.98. The maximum absolute atomic E-state index is 11.7. The summed E-state index contributed by atoms with van der Waals surface area (Å²) < 4.78 is 21.4. The summed E-state index contributed by atoms with van der Waals surface area (Å²) in [6.45, 7) is 8.44. The smallest absolute Gasteiger partial charge is 0.364 e. The van der Waals surface area contributed by atoms with Gasteiger partial charge in [-0.1, -0.05) is 49.5 Å². The van der Waals surface area contributed by atoms with Crippen LogP contribution in [-0.2, 0) is 13.6 Å². The van der Waals surface area contributed by atoms with Crippen LogP contribution in [0.25, 0.3) is 0 Å². The molecule has 0 fully saturated rings. The molecule has 5 nitrogen and oxygen atoms in total. The molecule has 0 spiro atoms. The topological polar surface area (TPSA) is 76.0 Å². The lowest BCUT2D eigenvalue weighted by atomic mass is 10.1. The number of aryl methyl sites for hydroxylation is 1. The molecule has 0 aliphatic rings.